The first-order chi connectivity index (χ1) is 12.0. The van der Waals surface area contributed by atoms with Gasteiger partial charge in [-0.15, -0.1) is 0 Å². The zero-order valence-corrected chi connectivity index (χ0v) is 15.5. The summed E-state index contributed by atoms with van der Waals surface area (Å²) < 4.78 is 5.17. The van der Waals surface area contributed by atoms with Gasteiger partial charge in [0.15, 0.2) is 5.13 Å². The topological polar surface area (TPSA) is 123 Å². The van der Waals surface area contributed by atoms with E-state index in [-0.39, 0.29) is 10.1 Å². The number of aromatic nitrogens is 1. The van der Waals surface area contributed by atoms with E-state index in [0.717, 1.165) is 17.5 Å². The molecule has 0 radical (unpaired) electrons. The molecule has 0 unspecified atom stereocenters. The Morgan fingerprint density at radius 2 is 1.96 bits per heavy atom. The van der Waals surface area contributed by atoms with Crippen molar-refractivity contribution < 1.29 is 19.2 Å². The summed E-state index contributed by atoms with van der Waals surface area (Å²) in [6, 6.07) is 4.73. The van der Waals surface area contributed by atoms with E-state index in [1.165, 1.54) is 0 Å². The second-order valence-corrected chi connectivity index (χ2v) is 7.38. The summed E-state index contributed by atoms with van der Waals surface area (Å²) in [5, 5.41) is 15.7. The third kappa shape index (κ3) is 5.24. The first-order valence-electron chi connectivity index (χ1n) is 7.57. The lowest BCUT2D eigenvalue weighted by Crippen LogP contribution is -2.27. The number of nitro groups is 1. The number of carbonyl (C=O) groups is 2. The smallest absolute Gasteiger partial charge is 0.412 e. The van der Waals surface area contributed by atoms with E-state index in [1.807, 2.05) is 0 Å². The molecule has 9 nitrogen and oxygen atoms in total. The lowest BCUT2D eigenvalue weighted by molar-refractivity contribution is -0.380. The van der Waals surface area contributed by atoms with Crippen molar-refractivity contribution in [3.05, 3.63) is 45.6 Å². The van der Waals surface area contributed by atoms with Crippen LogP contribution in [0.15, 0.2) is 24.4 Å². The van der Waals surface area contributed by atoms with Gasteiger partial charge < -0.3 is 4.74 Å². The first kappa shape index (κ1) is 19.3. The number of nitrogens with one attached hydrogen (secondary N) is 2. The molecule has 0 saturated carbocycles. The maximum atomic E-state index is 12.3. The Labute approximate surface area is 153 Å². The lowest BCUT2D eigenvalue weighted by atomic mass is 10.1. The first-order valence-corrected chi connectivity index (χ1v) is 8.39. The van der Waals surface area contributed by atoms with Crippen molar-refractivity contribution in [3.63, 3.8) is 0 Å². The number of hydrogen-bond donors (Lipinski definition) is 2. The van der Waals surface area contributed by atoms with Crippen LogP contribution in [-0.2, 0) is 4.74 Å². The van der Waals surface area contributed by atoms with Crippen LogP contribution >= 0.6 is 11.3 Å². The molecule has 0 atom stereocenters. The number of nitrogens with zero attached hydrogens (tertiary/aromatic N) is 2. The van der Waals surface area contributed by atoms with E-state index in [1.54, 1.807) is 45.9 Å². The minimum atomic E-state index is -0.616. The van der Waals surface area contributed by atoms with Gasteiger partial charge in [0.25, 0.3) is 5.91 Å². The molecule has 0 fully saturated rings. The van der Waals surface area contributed by atoms with Crippen LogP contribution in [0.3, 0.4) is 0 Å². The van der Waals surface area contributed by atoms with Crippen LogP contribution in [0.4, 0.5) is 20.6 Å². The minimum absolute atomic E-state index is 0.136. The molecule has 0 spiro atoms. The highest BCUT2D eigenvalue weighted by Gasteiger charge is 2.18. The average molecular weight is 378 g/mol. The second-order valence-electron chi connectivity index (χ2n) is 6.37. The molecule has 0 aliphatic rings. The largest absolute Gasteiger partial charge is 0.444 e. The molecule has 1 heterocycles. The van der Waals surface area contributed by atoms with E-state index in [2.05, 4.69) is 15.6 Å². The van der Waals surface area contributed by atoms with Crippen LogP contribution in [-0.4, -0.2) is 27.5 Å². The predicted octanol–water partition coefficient (Wildman–Crippen LogP) is 3.96. The van der Waals surface area contributed by atoms with Crippen LogP contribution in [0.25, 0.3) is 0 Å². The maximum Gasteiger partial charge on any atom is 0.412 e. The highest BCUT2D eigenvalue weighted by Crippen LogP contribution is 2.26. The molecule has 10 heteroatoms. The van der Waals surface area contributed by atoms with Gasteiger partial charge in [-0.05, 0) is 62.8 Å². The van der Waals surface area contributed by atoms with Crippen molar-refractivity contribution in [2.24, 2.45) is 0 Å². The quantitative estimate of drug-likeness (QED) is 0.613. The molecule has 0 aliphatic heterocycles. The number of thiazole rings is 1. The van der Waals surface area contributed by atoms with Crippen LogP contribution in [0, 0.1) is 17.0 Å². The summed E-state index contributed by atoms with van der Waals surface area (Å²) in [5.74, 6) is -0.449. The molecule has 0 bridgehead atoms. The minimum Gasteiger partial charge on any atom is -0.444 e. The van der Waals surface area contributed by atoms with Crippen molar-refractivity contribution in [1.29, 1.82) is 0 Å². The normalized spacial score (nSPS) is 10.9. The van der Waals surface area contributed by atoms with Crippen LogP contribution < -0.4 is 10.6 Å². The number of hydrogen-bond acceptors (Lipinski definition) is 7. The van der Waals surface area contributed by atoms with Gasteiger partial charge in [0.05, 0.1) is 4.92 Å². The molecule has 26 heavy (non-hydrogen) atoms. The highest BCUT2D eigenvalue weighted by molar-refractivity contribution is 7.18. The van der Waals surface area contributed by atoms with E-state index < -0.39 is 22.5 Å². The summed E-state index contributed by atoms with van der Waals surface area (Å²) in [4.78, 5) is 38.0. The molecule has 1 aromatic carbocycles. The summed E-state index contributed by atoms with van der Waals surface area (Å²) in [6.07, 6.45) is 0.491. The Morgan fingerprint density at radius 1 is 1.27 bits per heavy atom. The maximum absolute atomic E-state index is 12.3. The SMILES string of the molecule is Cc1cc(NC(=O)OC(C)(C)C)ccc1C(=O)Nc1ncc([N+](=O)[O-])s1. The van der Waals surface area contributed by atoms with Crippen molar-refractivity contribution >= 4 is 39.2 Å². The van der Waals surface area contributed by atoms with Crippen molar-refractivity contribution in [1.82, 2.24) is 4.98 Å². The Kier molecular flexibility index (Phi) is 5.56. The van der Waals surface area contributed by atoms with Gasteiger partial charge in [-0.25, -0.2) is 9.78 Å². The molecule has 0 aliphatic carbocycles. The van der Waals surface area contributed by atoms with Crippen LogP contribution in [0.1, 0.15) is 36.7 Å². The van der Waals surface area contributed by atoms with Crippen molar-refractivity contribution in [2.45, 2.75) is 33.3 Å². The van der Waals surface area contributed by atoms with E-state index in [9.17, 15) is 19.7 Å². The molecule has 138 valence electrons. The number of anilines is 2. The van der Waals surface area contributed by atoms with E-state index in [0.29, 0.717) is 16.8 Å². The molecule has 2 aromatic rings. The van der Waals surface area contributed by atoms with Gasteiger partial charge in [-0.1, -0.05) is 0 Å². The molecule has 2 rings (SSSR count). The fourth-order valence-corrected chi connectivity index (χ4v) is 2.62. The standard InChI is InChI=1S/C16H18N4O5S/c1-9-7-10(18-15(22)25-16(2,3)4)5-6-11(9)13(21)19-14-17-8-12(26-14)20(23)24/h5-8H,1-4H3,(H,18,22)(H,17,19,21). The molecular weight excluding hydrogens is 360 g/mol. The number of rotatable bonds is 4. The van der Waals surface area contributed by atoms with Crippen molar-refractivity contribution in [3.8, 4) is 0 Å². The number of benzene rings is 1. The molecule has 0 saturated heterocycles. The van der Waals surface area contributed by atoms with E-state index in [4.69, 9.17) is 4.74 Å². The van der Waals surface area contributed by atoms with Gasteiger partial charge in [0.2, 0.25) is 0 Å². The fraction of sp³-hybridized carbons (Fsp3) is 0.312. The Morgan fingerprint density at radius 3 is 2.50 bits per heavy atom. The third-order valence-corrected chi connectivity index (χ3v) is 3.87. The van der Waals surface area contributed by atoms with Gasteiger partial charge in [0, 0.05) is 11.3 Å². The monoisotopic (exact) mass is 378 g/mol. The average Bonchev–Trinajstić information content (AvgIpc) is 2.93. The van der Waals surface area contributed by atoms with Crippen LogP contribution in [0.2, 0.25) is 0 Å². The number of aryl methyl sites for hydroxylation is 1. The van der Waals surface area contributed by atoms with Gasteiger partial charge >= 0.3 is 11.1 Å². The third-order valence-electron chi connectivity index (χ3n) is 3.01. The molecular formula is C16H18N4O5S. The fourth-order valence-electron chi connectivity index (χ4n) is 1.99. The van der Waals surface area contributed by atoms with Gasteiger partial charge in [-0.3, -0.25) is 25.5 Å². The predicted molar refractivity (Wildman–Crippen MR) is 97.8 cm³/mol. The Hall–Kier alpha value is -3.01. The highest BCUT2D eigenvalue weighted by atomic mass is 32.1. The number of ether oxygens (including phenoxy) is 1. The molecule has 2 amide bonds. The van der Waals surface area contributed by atoms with Gasteiger partial charge in [0.1, 0.15) is 11.8 Å². The Balaban J connectivity index is 2.07. The zero-order chi connectivity index (χ0) is 19.5. The number of amides is 2. The summed E-state index contributed by atoms with van der Waals surface area (Å²) in [7, 11) is 0. The summed E-state index contributed by atoms with van der Waals surface area (Å²) in [5.41, 5.74) is 0.841. The van der Waals surface area contributed by atoms with Gasteiger partial charge in [-0.2, -0.15) is 0 Å². The molecule has 1 aromatic heterocycles. The van der Waals surface area contributed by atoms with Crippen LogP contribution in [0.5, 0.6) is 0 Å². The number of carbonyl (C=O) groups excluding carboxylic acids is 2. The molecule has 2 N–H and O–H groups in total. The summed E-state index contributed by atoms with van der Waals surface area (Å²) in [6.45, 7) is 6.98. The Bertz CT molecular complexity index is 857. The lowest BCUT2D eigenvalue weighted by Gasteiger charge is -2.19. The van der Waals surface area contributed by atoms with E-state index >= 15 is 0 Å². The zero-order valence-electron chi connectivity index (χ0n) is 14.7. The summed E-state index contributed by atoms with van der Waals surface area (Å²) >= 11 is 0.771. The second kappa shape index (κ2) is 7.48. The van der Waals surface area contributed by atoms with Crippen molar-refractivity contribution in [2.75, 3.05) is 10.6 Å².